The fraction of sp³-hybridized carbons (Fsp3) is 0.556. The minimum Gasteiger partial charge on any atom is -0.338 e. The van der Waals surface area contributed by atoms with Gasteiger partial charge in [0.05, 0.1) is 6.04 Å². The number of likely N-dealkylation sites (tertiary alicyclic amines) is 1. The van der Waals surface area contributed by atoms with Crippen molar-refractivity contribution in [1.82, 2.24) is 15.0 Å². The van der Waals surface area contributed by atoms with Gasteiger partial charge in [-0.3, -0.25) is 4.90 Å². The van der Waals surface area contributed by atoms with E-state index in [9.17, 15) is 4.39 Å². The Bertz CT molecular complexity index is 683. The molecule has 2 N–H and O–H groups in total. The highest BCUT2D eigenvalue weighted by Gasteiger charge is 2.36. The Morgan fingerprint density at radius 3 is 2.75 bits per heavy atom. The van der Waals surface area contributed by atoms with Crippen LogP contribution >= 0.6 is 0 Å². The van der Waals surface area contributed by atoms with E-state index in [0.29, 0.717) is 18.1 Å². The van der Waals surface area contributed by atoms with E-state index in [2.05, 4.69) is 35.8 Å². The first kappa shape index (κ1) is 17.0. The van der Waals surface area contributed by atoms with Gasteiger partial charge in [0.1, 0.15) is 5.82 Å². The second-order valence-electron chi connectivity index (χ2n) is 7.38. The van der Waals surface area contributed by atoms with Gasteiger partial charge in [0.25, 0.3) is 0 Å². The van der Waals surface area contributed by atoms with E-state index in [0.717, 1.165) is 25.1 Å². The van der Waals surface area contributed by atoms with Crippen molar-refractivity contribution < 1.29 is 8.91 Å². The average Bonchev–Trinajstić information content (AvgIpc) is 3.00. The number of hydrogen-bond donors (Lipinski definition) is 1. The van der Waals surface area contributed by atoms with Gasteiger partial charge in [-0.2, -0.15) is 4.98 Å². The van der Waals surface area contributed by atoms with Crippen LogP contribution < -0.4 is 5.73 Å². The van der Waals surface area contributed by atoms with Crippen LogP contribution in [0, 0.1) is 11.2 Å². The minimum atomic E-state index is -0.243. The predicted molar refractivity (Wildman–Crippen MR) is 89.9 cm³/mol. The van der Waals surface area contributed by atoms with Crippen LogP contribution in [0.4, 0.5) is 4.39 Å². The fourth-order valence-electron chi connectivity index (χ4n) is 3.20. The number of nitrogens with two attached hydrogens (primary N) is 1. The summed E-state index contributed by atoms with van der Waals surface area (Å²) in [6.45, 7) is 8.32. The lowest BCUT2D eigenvalue weighted by atomic mass is 9.79. The summed E-state index contributed by atoms with van der Waals surface area (Å²) in [5.41, 5.74) is 7.24. The normalized spacial score (nSPS) is 22.5. The first-order chi connectivity index (χ1) is 11.3. The highest BCUT2D eigenvalue weighted by molar-refractivity contribution is 5.19. The smallest absolute Gasteiger partial charge is 0.243 e. The molecule has 0 aliphatic carbocycles. The van der Waals surface area contributed by atoms with Gasteiger partial charge in [0.2, 0.25) is 5.89 Å². The zero-order valence-electron chi connectivity index (χ0n) is 14.5. The lowest BCUT2D eigenvalue weighted by Crippen LogP contribution is -2.52. The van der Waals surface area contributed by atoms with Crippen molar-refractivity contribution in [3.05, 3.63) is 47.4 Å². The molecule has 0 saturated carbocycles. The van der Waals surface area contributed by atoms with E-state index in [-0.39, 0.29) is 23.3 Å². The molecular formula is C18H25FN4O. The van der Waals surface area contributed by atoms with Gasteiger partial charge in [0.15, 0.2) is 5.82 Å². The number of halogens is 1. The molecule has 1 fully saturated rings. The lowest BCUT2D eigenvalue weighted by molar-refractivity contribution is 0.0549. The number of benzene rings is 1. The Morgan fingerprint density at radius 1 is 1.38 bits per heavy atom. The molecule has 1 saturated heterocycles. The van der Waals surface area contributed by atoms with Crippen LogP contribution in [0.5, 0.6) is 0 Å². The van der Waals surface area contributed by atoms with Crippen LogP contribution in [0.25, 0.3) is 0 Å². The zero-order chi connectivity index (χ0) is 17.3. The lowest BCUT2D eigenvalue weighted by Gasteiger charge is -2.44. The standard InChI is InChI=1S/C18H25FN4O/c1-12(23-9-8-15(20)18(2,3)11-23)17-21-16(22-24-17)10-13-4-6-14(19)7-5-13/h4-7,12,15H,8-11,20H2,1-3H3. The first-order valence-electron chi connectivity index (χ1n) is 8.42. The molecule has 1 aliphatic rings. The molecule has 1 aromatic heterocycles. The summed E-state index contributed by atoms with van der Waals surface area (Å²) in [6, 6.07) is 6.65. The highest BCUT2D eigenvalue weighted by Crippen LogP contribution is 2.32. The van der Waals surface area contributed by atoms with Crippen LogP contribution in [0.1, 0.15) is 50.5 Å². The third-order valence-corrected chi connectivity index (χ3v) is 5.01. The Hall–Kier alpha value is -1.79. The largest absolute Gasteiger partial charge is 0.338 e. The maximum absolute atomic E-state index is 13.0. The number of hydrogen-bond acceptors (Lipinski definition) is 5. The fourth-order valence-corrected chi connectivity index (χ4v) is 3.20. The van der Waals surface area contributed by atoms with Crippen LogP contribution in [-0.2, 0) is 6.42 Å². The van der Waals surface area contributed by atoms with E-state index in [1.807, 2.05) is 0 Å². The summed E-state index contributed by atoms with van der Waals surface area (Å²) in [5, 5.41) is 4.07. The van der Waals surface area contributed by atoms with Gasteiger partial charge in [-0.25, -0.2) is 4.39 Å². The van der Waals surface area contributed by atoms with Gasteiger partial charge in [-0.15, -0.1) is 0 Å². The number of nitrogens with zero attached hydrogens (tertiary/aromatic N) is 3. The van der Waals surface area contributed by atoms with Crippen LogP contribution in [0.3, 0.4) is 0 Å². The summed E-state index contributed by atoms with van der Waals surface area (Å²) >= 11 is 0. The quantitative estimate of drug-likeness (QED) is 0.932. The molecule has 24 heavy (non-hydrogen) atoms. The Kier molecular flexibility index (Phi) is 4.69. The molecule has 3 rings (SSSR count). The highest BCUT2D eigenvalue weighted by atomic mass is 19.1. The van der Waals surface area contributed by atoms with Crippen LogP contribution in [-0.4, -0.2) is 34.2 Å². The third kappa shape index (κ3) is 3.65. The average molecular weight is 332 g/mol. The van der Waals surface area contributed by atoms with Crippen molar-refractivity contribution >= 4 is 0 Å². The summed E-state index contributed by atoms with van der Waals surface area (Å²) in [5.74, 6) is 1.00. The van der Waals surface area contributed by atoms with Crippen molar-refractivity contribution in [3.8, 4) is 0 Å². The SMILES string of the molecule is CC(c1nc(Cc2ccc(F)cc2)no1)N1CCC(N)C(C)(C)C1. The van der Waals surface area contributed by atoms with Gasteiger partial charge in [-0.05, 0) is 36.5 Å². The van der Waals surface area contributed by atoms with Crippen molar-refractivity contribution in [2.75, 3.05) is 13.1 Å². The molecule has 5 nitrogen and oxygen atoms in total. The van der Waals surface area contributed by atoms with Gasteiger partial charge in [-0.1, -0.05) is 31.1 Å². The van der Waals surface area contributed by atoms with E-state index in [1.54, 1.807) is 12.1 Å². The summed E-state index contributed by atoms with van der Waals surface area (Å²) in [4.78, 5) is 6.87. The van der Waals surface area contributed by atoms with Gasteiger partial charge in [0, 0.05) is 25.6 Å². The van der Waals surface area contributed by atoms with E-state index in [4.69, 9.17) is 10.3 Å². The molecule has 2 unspecified atom stereocenters. The topological polar surface area (TPSA) is 68.2 Å². The number of rotatable bonds is 4. The predicted octanol–water partition coefficient (Wildman–Crippen LogP) is 2.92. The molecule has 1 aliphatic heterocycles. The Balaban J connectivity index is 1.67. The van der Waals surface area contributed by atoms with Crippen molar-refractivity contribution in [2.45, 2.75) is 45.7 Å². The maximum atomic E-state index is 13.0. The van der Waals surface area contributed by atoms with E-state index >= 15 is 0 Å². The van der Waals surface area contributed by atoms with Crippen molar-refractivity contribution in [3.63, 3.8) is 0 Å². The molecular weight excluding hydrogens is 307 g/mol. The monoisotopic (exact) mass is 332 g/mol. The van der Waals surface area contributed by atoms with E-state index in [1.165, 1.54) is 12.1 Å². The molecule has 2 heterocycles. The van der Waals surface area contributed by atoms with Crippen molar-refractivity contribution in [1.29, 1.82) is 0 Å². The number of piperidine rings is 1. The molecule has 0 bridgehead atoms. The number of aromatic nitrogens is 2. The van der Waals surface area contributed by atoms with E-state index < -0.39 is 0 Å². The molecule has 0 radical (unpaired) electrons. The maximum Gasteiger partial charge on any atom is 0.243 e. The molecule has 2 aromatic rings. The molecule has 2 atom stereocenters. The minimum absolute atomic E-state index is 0.0613. The first-order valence-corrected chi connectivity index (χ1v) is 8.42. The van der Waals surface area contributed by atoms with Gasteiger partial charge >= 0.3 is 0 Å². The summed E-state index contributed by atoms with van der Waals surface area (Å²) in [6.07, 6.45) is 1.50. The van der Waals surface area contributed by atoms with Crippen molar-refractivity contribution in [2.24, 2.45) is 11.1 Å². The zero-order valence-corrected chi connectivity index (χ0v) is 14.5. The van der Waals surface area contributed by atoms with Gasteiger partial charge < -0.3 is 10.3 Å². The molecule has 130 valence electrons. The molecule has 0 amide bonds. The Labute approximate surface area is 142 Å². The second-order valence-corrected chi connectivity index (χ2v) is 7.38. The Morgan fingerprint density at radius 2 is 2.08 bits per heavy atom. The summed E-state index contributed by atoms with van der Waals surface area (Å²) in [7, 11) is 0. The molecule has 0 spiro atoms. The third-order valence-electron chi connectivity index (χ3n) is 5.01. The summed E-state index contributed by atoms with van der Waals surface area (Å²) < 4.78 is 18.4. The molecule has 1 aromatic carbocycles. The molecule has 6 heteroatoms. The second kappa shape index (κ2) is 6.61. The van der Waals surface area contributed by atoms with Crippen LogP contribution in [0.15, 0.2) is 28.8 Å². The van der Waals surface area contributed by atoms with Crippen LogP contribution in [0.2, 0.25) is 0 Å².